The van der Waals surface area contributed by atoms with Crippen LogP contribution in [0.2, 0.25) is 0 Å². The van der Waals surface area contributed by atoms with Crippen molar-refractivity contribution in [3.8, 4) is 0 Å². The van der Waals surface area contributed by atoms with Crippen LogP contribution in [0.3, 0.4) is 0 Å². The molecule has 2 fully saturated rings. The average Bonchev–Trinajstić information content (AvgIpc) is 3.23. The first-order chi connectivity index (χ1) is 9.06. The molecule has 2 aliphatic carbocycles. The Balaban J connectivity index is 1.78. The SMILES string of the molecule is Nc1ccccc1CS(=O)(=O)N(CC1CC1)C1CC1. The smallest absolute Gasteiger partial charge is 0.218 e. The van der Waals surface area contributed by atoms with E-state index in [0.29, 0.717) is 23.7 Å². The lowest BCUT2D eigenvalue weighted by molar-refractivity contribution is 0.388. The average molecular weight is 280 g/mol. The lowest BCUT2D eigenvalue weighted by Gasteiger charge is -2.22. The fourth-order valence-electron chi connectivity index (χ4n) is 2.35. The minimum Gasteiger partial charge on any atom is -0.398 e. The number of nitrogens with zero attached hydrogens (tertiary/aromatic N) is 1. The van der Waals surface area contributed by atoms with Crippen LogP contribution in [0.4, 0.5) is 5.69 Å². The first-order valence-electron chi connectivity index (χ1n) is 6.89. The fraction of sp³-hybridized carbons (Fsp3) is 0.571. The maximum absolute atomic E-state index is 12.6. The highest BCUT2D eigenvalue weighted by Crippen LogP contribution is 2.37. The Hall–Kier alpha value is -1.07. The molecule has 0 amide bonds. The van der Waals surface area contributed by atoms with Gasteiger partial charge in [0.25, 0.3) is 0 Å². The van der Waals surface area contributed by atoms with Gasteiger partial charge in [0.1, 0.15) is 0 Å². The largest absolute Gasteiger partial charge is 0.398 e. The summed E-state index contributed by atoms with van der Waals surface area (Å²) >= 11 is 0. The molecule has 5 heteroatoms. The van der Waals surface area contributed by atoms with E-state index in [9.17, 15) is 8.42 Å². The topological polar surface area (TPSA) is 63.4 Å². The van der Waals surface area contributed by atoms with Gasteiger partial charge >= 0.3 is 0 Å². The number of benzene rings is 1. The Morgan fingerprint density at radius 1 is 1.16 bits per heavy atom. The Kier molecular flexibility index (Phi) is 3.27. The molecule has 2 N–H and O–H groups in total. The Morgan fingerprint density at radius 3 is 2.42 bits per heavy atom. The van der Waals surface area contributed by atoms with Gasteiger partial charge in [0.05, 0.1) is 5.75 Å². The van der Waals surface area contributed by atoms with Crippen molar-refractivity contribution in [1.82, 2.24) is 4.31 Å². The van der Waals surface area contributed by atoms with Crippen LogP contribution in [-0.4, -0.2) is 25.3 Å². The predicted octanol–water partition coefficient (Wildman–Crippen LogP) is 1.97. The Labute approximate surface area is 114 Å². The highest BCUT2D eigenvalue weighted by Gasteiger charge is 2.40. The van der Waals surface area contributed by atoms with Crippen molar-refractivity contribution in [3.05, 3.63) is 29.8 Å². The molecule has 0 aliphatic heterocycles. The van der Waals surface area contributed by atoms with Gasteiger partial charge in [-0.05, 0) is 43.2 Å². The van der Waals surface area contributed by atoms with Crippen molar-refractivity contribution >= 4 is 15.7 Å². The molecule has 1 aromatic carbocycles. The van der Waals surface area contributed by atoms with Crippen LogP contribution >= 0.6 is 0 Å². The zero-order valence-corrected chi connectivity index (χ0v) is 11.8. The normalized spacial score (nSPS) is 19.8. The van der Waals surface area contributed by atoms with Gasteiger partial charge in [0, 0.05) is 18.3 Å². The Bertz CT molecular complexity index is 563. The third-order valence-corrected chi connectivity index (χ3v) is 5.68. The fourth-order valence-corrected chi connectivity index (χ4v) is 4.28. The zero-order valence-electron chi connectivity index (χ0n) is 11.0. The molecular formula is C14H20N2O2S. The number of nitrogens with two attached hydrogens (primary N) is 1. The van der Waals surface area contributed by atoms with Gasteiger partial charge in [0.2, 0.25) is 10.0 Å². The first kappa shape index (κ1) is 12.9. The summed E-state index contributed by atoms with van der Waals surface area (Å²) in [6.45, 7) is 0.708. The molecule has 19 heavy (non-hydrogen) atoms. The number of rotatable bonds is 6. The maximum Gasteiger partial charge on any atom is 0.218 e. The summed E-state index contributed by atoms with van der Waals surface area (Å²) in [5, 5.41) is 0. The third-order valence-electron chi connectivity index (χ3n) is 3.84. The van der Waals surface area contributed by atoms with E-state index in [-0.39, 0.29) is 11.8 Å². The van der Waals surface area contributed by atoms with Crippen molar-refractivity contribution in [2.75, 3.05) is 12.3 Å². The van der Waals surface area contributed by atoms with Gasteiger partial charge in [-0.2, -0.15) is 4.31 Å². The number of anilines is 1. The molecule has 0 bridgehead atoms. The van der Waals surface area contributed by atoms with E-state index in [1.807, 2.05) is 12.1 Å². The standard InChI is InChI=1S/C14H20N2O2S/c15-14-4-2-1-3-12(14)10-19(17,18)16(13-7-8-13)9-11-5-6-11/h1-4,11,13H,5-10,15H2. The van der Waals surface area contributed by atoms with Gasteiger partial charge in [-0.15, -0.1) is 0 Å². The van der Waals surface area contributed by atoms with Crippen molar-refractivity contribution in [1.29, 1.82) is 0 Å². The van der Waals surface area contributed by atoms with E-state index < -0.39 is 10.0 Å². The maximum atomic E-state index is 12.6. The summed E-state index contributed by atoms with van der Waals surface area (Å²) in [5.41, 5.74) is 7.13. The summed E-state index contributed by atoms with van der Waals surface area (Å²) < 4.78 is 26.9. The number of sulfonamides is 1. The van der Waals surface area contributed by atoms with E-state index in [0.717, 1.165) is 12.8 Å². The summed E-state index contributed by atoms with van der Waals surface area (Å²) in [5.74, 6) is 0.617. The van der Waals surface area contributed by atoms with Crippen molar-refractivity contribution in [2.45, 2.75) is 37.5 Å². The molecule has 3 rings (SSSR count). The van der Waals surface area contributed by atoms with Crippen LogP contribution in [-0.2, 0) is 15.8 Å². The van der Waals surface area contributed by atoms with Gasteiger partial charge in [-0.3, -0.25) is 0 Å². The van der Waals surface area contributed by atoms with Gasteiger partial charge < -0.3 is 5.73 Å². The highest BCUT2D eigenvalue weighted by molar-refractivity contribution is 7.88. The molecule has 0 radical (unpaired) electrons. The number of hydrogen-bond acceptors (Lipinski definition) is 3. The second-order valence-corrected chi connectivity index (χ2v) is 7.62. The molecule has 104 valence electrons. The lowest BCUT2D eigenvalue weighted by Crippen LogP contribution is -2.35. The predicted molar refractivity (Wildman–Crippen MR) is 75.9 cm³/mol. The van der Waals surface area contributed by atoms with Crippen LogP contribution in [0.15, 0.2) is 24.3 Å². The first-order valence-corrected chi connectivity index (χ1v) is 8.50. The van der Waals surface area contributed by atoms with E-state index in [4.69, 9.17) is 5.73 Å². The molecule has 0 spiro atoms. The summed E-state index contributed by atoms with van der Waals surface area (Å²) in [6.07, 6.45) is 4.37. The van der Waals surface area contributed by atoms with E-state index in [1.54, 1.807) is 16.4 Å². The summed E-state index contributed by atoms with van der Waals surface area (Å²) in [6, 6.07) is 7.47. The van der Waals surface area contributed by atoms with E-state index in [1.165, 1.54) is 12.8 Å². The zero-order chi connectivity index (χ0) is 13.5. The Morgan fingerprint density at radius 2 is 1.84 bits per heavy atom. The molecule has 2 aliphatic rings. The van der Waals surface area contributed by atoms with Gasteiger partial charge in [0.15, 0.2) is 0 Å². The summed E-state index contributed by atoms with van der Waals surface area (Å²) in [7, 11) is -3.24. The molecule has 1 aromatic rings. The molecule has 0 unspecified atom stereocenters. The molecule has 0 saturated heterocycles. The van der Waals surface area contributed by atoms with Crippen molar-refractivity contribution in [3.63, 3.8) is 0 Å². The van der Waals surface area contributed by atoms with Gasteiger partial charge in [-0.1, -0.05) is 18.2 Å². The molecule has 0 heterocycles. The van der Waals surface area contributed by atoms with Crippen molar-refractivity contribution < 1.29 is 8.42 Å². The number of hydrogen-bond donors (Lipinski definition) is 1. The van der Waals surface area contributed by atoms with Crippen LogP contribution in [0.25, 0.3) is 0 Å². The lowest BCUT2D eigenvalue weighted by atomic mass is 10.2. The van der Waals surface area contributed by atoms with Crippen LogP contribution in [0.5, 0.6) is 0 Å². The van der Waals surface area contributed by atoms with Crippen LogP contribution in [0.1, 0.15) is 31.2 Å². The number of para-hydroxylation sites is 1. The van der Waals surface area contributed by atoms with Crippen LogP contribution < -0.4 is 5.73 Å². The van der Waals surface area contributed by atoms with Crippen molar-refractivity contribution in [2.24, 2.45) is 5.92 Å². The van der Waals surface area contributed by atoms with E-state index in [2.05, 4.69) is 0 Å². The monoisotopic (exact) mass is 280 g/mol. The minimum absolute atomic E-state index is 0.0306. The minimum atomic E-state index is -3.24. The second kappa shape index (κ2) is 4.80. The molecule has 2 saturated carbocycles. The molecule has 0 aromatic heterocycles. The van der Waals surface area contributed by atoms with Gasteiger partial charge in [-0.25, -0.2) is 8.42 Å². The highest BCUT2D eigenvalue weighted by atomic mass is 32.2. The summed E-state index contributed by atoms with van der Waals surface area (Å²) in [4.78, 5) is 0. The quantitative estimate of drug-likeness (QED) is 0.810. The van der Waals surface area contributed by atoms with E-state index >= 15 is 0 Å². The third kappa shape index (κ3) is 3.09. The number of nitrogen functional groups attached to an aromatic ring is 1. The van der Waals surface area contributed by atoms with Crippen LogP contribution in [0, 0.1) is 5.92 Å². The molecular weight excluding hydrogens is 260 g/mol. The molecule has 0 atom stereocenters. The second-order valence-electron chi connectivity index (χ2n) is 5.70. The molecule has 4 nitrogen and oxygen atoms in total.